The lowest BCUT2D eigenvalue weighted by Gasteiger charge is -2.07. The number of halogens is 1. The van der Waals surface area contributed by atoms with Gasteiger partial charge in [-0.15, -0.1) is 0 Å². The molecule has 0 bridgehead atoms. The molecule has 0 aliphatic carbocycles. The van der Waals surface area contributed by atoms with Gasteiger partial charge < -0.3 is 4.57 Å². The maximum absolute atomic E-state index is 12.1. The van der Waals surface area contributed by atoms with E-state index in [4.69, 9.17) is 17.1 Å². The summed E-state index contributed by atoms with van der Waals surface area (Å²) in [4.78, 5) is 25.9. The van der Waals surface area contributed by atoms with Gasteiger partial charge in [-0.05, 0) is 40.5 Å². The molecule has 1 heterocycles. The molecule has 0 atom stereocenters. The molecule has 0 saturated heterocycles. The number of carbonyl (C=O) groups is 1. The molecule has 0 aliphatic heterocycles. The summed E-state index contributed by atoms with van der Waals surface area (Å²) in [6.07, 6.45) is 1.56. The van der Waals surface area contributed by atoms with E-state index in [-0.39, 0.29) is 5.56 Å². The van der Waals surface area contributed by atoms with Crippen LogP contribution in [-0.4, -0.2) is 10.5 Å². The summed E-state index contributed by atoms with van der Waals surface area (Å²) >= 11 is 5.79. The number of aromatic nitrogens is 1. The highest BCUT2D eigenvalue weighted by Gasteiger charge is 2.10. The molecule has 0 saturated carbocycles. The maximum Gasteiger partial charge on any atom is 0.261 e. The molecule has 0 radical (unpaired) electrons. The Balaban J connectivity index is 2.36. The van der Waals surface area contributed by atoms with E-state index in [0.29, 0.717) is 11.6 Å². The number of benzene rings is 1. The molecular formula is C13H9ClN4O2. The first-order valence-corrected chi connectivity index (χ1v) is 6.03. The first-order valence-electron chi connectivity index (χ1n) is 5.65. The Morgan fingerprint density at radius 3 is 2.65 bits per heavy atom. The molecule has 0 unspecified atom stereocenters. The molecule has 0 aliphatic rings. The van der Waals surface area contributed by atoms with Crippen molar-refractivity contribution in [1.82, 2.24) is 4.57 Å². The van der Waals surface area contributed by atoms with Gasteiger partial charge in [-0.25, -0.2) is 0 Å². The van der Waals surface area contributed by atoms with Crippen LogP contribution in [0.1, 0.15) is 15.9 Å². The molecule has 0 N–H and O–H groups in total. The van der Waals surface area contributed by atoms with Crippen molar-refractivity contribution in [2.75, 3.05) is 0 Å². The van der Waals surface area contributed by atoms with Gasteiger partial charge in [0.05, 0.1) is 12.1 Å². The van der Waals surface area contributed by atoms with Gasteiger partial charge in [0.2, 0.25) is 0 Å². The van der Waals surface area contributed by atoms with Crippen LogP contribution in [0.3, 0.4) is 0 Å². The molecule has 6 nitrogen and oxygen atoms in total. The summed E-state index contributed by atoms with van der Waals surface area (Å²) in [7, 11) is 0. The molecule has 0 fully saturated rings. The van der Waals surface area contributed by atoms with E-state index in [2.05, 4.69) is 10.0 Å². The normalized spacial score (nSPS) is 9.85. The Morgan fingerprint density at radius 1 is 1.30 bits per heavy atom. The lowest BCUT2D eigenvalue weighted by Crippen LogP contribution is -2.25. The SMILES string of the molecule is [N-]=[N+]=NC(=O)c1cccn(Cc2ccc(Cl)cc2)c1=O. The summed E-state index contributed by atoms with van der Waals surface area (Å²) in [5.41, 5.74) is 8.45. The summed E-state index contributed by atoms with van der Waals surface area (Å²) in [6, 6.07) is 9.90. The van der Waals surface area contributed by atoms with Crippen molar-refractivity contribution >= 4 is 17.5 Å². The average molecular weight is 289 g/mol. The first-order chi connectivity index (χ1) is 9.61. The largest absolute Gasteiger partial charge is 0.310 e. The fourth-order valence-electron chi connectivity index (χ4n) is 1.71. The molecule has 20 heavy (non-hydrogen) atoms. The Bertz CT molecular complexity index is 746. The predicted molar refractivity (Wildman–Crippen MR) is 74.7 cm³/mol. The predicted octanol–water partition coefficient (Wildman–Crippen LogP) is 3.00. The summed E-state index contributed by atoms with van der Waals surface area (Å²) in [5, 5.41) is 3.53. The lowest BCUT2D eigenvalue weighted by molar-refractivity contribution is 0.0998. The zero-order valence-electron chi connectivity index (χ0n) is 10.2. The molecule has 2 aromatic rings. The molecule has 2 rings (SSSR count). The van der Waals surface area contributed by atoms with E-state index < -0.39 is 11.5 Å². The van der Waals surface area contributed by atoms with Gasteiger partial charge in [-0.2, -0.15) is 0 Å². The highest BCUT2D eigenvalue weighted by molar-refractivity contribution is 6.30. The number of hydrogen-bond acceptors (Lipinski definition) is 2. The standard InChI is InChI=1S/C13H9ClN4O2/c14-10-5-3-9(4-6-10)8-18-7-1-2-11(13(18)20)12(19)16-17-15/h1-7H,8H2. The highest BCUT2D eigenvalue weighted by Crippen LogP contribution is 2.10. The number of amides is 1. The fraction of sp³-hybridized carbons (Fsp3) is 0.0769. The van der Waals surface area contributed by atoms with Crippen LogP contribution in [0.5, 0.6) is 0 Å². The Morgan fingerprint density at radius 2 is 2.00 bits per heavy atom. The molecule has 7 heteroatoms. The van der Waals surface area contributed by atoms with Gasteiger partial charge in [0, 0.05) is 16.1 Å². The molecule has 100 valence electrons. The van der Waals surface area contributed by atoms with Crippen molar-refractivity contribution in [2.45, 2.75) is 6.54 Å². The number of carbonyl (C=O) groups excluding carboxylic acids is 1. The van der Waals surface area contributed by atoms with Crippen molar-refractivity contribution in [1.29, 1.82) is 0 Å². The number of pyridine rings is 1. The van der Waals surface area contributed by atoms with E-state index in [1.165, 1.54) is 10.6 Å². The number of azide groups is 1. The molecule has 1 aromatic heterocycles. The van der Waals surface area contributed by atoms with Crippen LogP contribution in [-0.2, 0) is 6.54 Å². The van der Waals surface area contributed by atoms with Gasteiger partial charge in [0.1, 0.15) is 0 Å². The van der Waals surface area contributed by atoms with E-state index in [0.717, 1.165) is 5.56 Å². The van der Waals surface area contributed by atoms with Crippen LogP contribution in [0.15, 0.2) is 52.5 Å². The van der Waals surface area contributed by atoms with Gasteiger partial charge >= 0.3 is 0 Å². The van der Waals surface area contributed by atoms with Crippen molar-refractivity contribution < 1.29 is 4.79 Å². The Hall–Kier alpha value is -2.56. The van der Waals surface area contributed by atoms with Gasteiger partial charge in [-0.3, -0.25) is 9.59 Å². The van der Waals surface area contributed by atoms with Gasteiger partial charge in [0.25, 0.3) is 11.5 Å². The molecule has 1 amide bonds. The number of hydrogen-bond donors (Lipinski definition) is 0. The summed E-state index contributed by atoms with van der Waals surface area (Å²) < 4.78 is 1.36. The lowest BCUT2D eigenvalue weighted by atomic mass is 10.2. The Kier molecular flexibility index (Phi) is 4.20. The summed E-state index contributed by atoms with van der Waals surface area (Å²) in [6.45, 7) is 0.299. The van der Waals surface area contributed by atoms with E-state index >= 15 is 0 Å². The minimum Gasteiger partial charge on any atom is -0.310 e. The van der Waals surface area contributed by atoms with Crippen LogP contribution in [0.4, 0.5) is 0 Å². The zero-order valence-corrected chi connectivity index (χ0v) is 11.0. The molecule has 1 aromatic carbocycles. The van der Waals surface area contributed by atoms with E-state index in [9.17, 15) is 9.59 Å². The smallest absolute Gasteiger partial charge is 0.261 e. The van der Waals surface area contributed by atoms with Crippen LogP contribution < -0.4 is 5.56 Å². The fourth-order valence-corrected chi connectivity index (χ4v) is 1.83. The van der Waals surface area contributed by atoms with Gasteiger partial charge in [0.15, 0.2) is 0 Å². The van der Waals surface area contributed by atoms with Crippen LogP contribution >= 0.6 is 11.6 Å². The second-order valence-corrected chi connectivity index (χ2v) is 4.41. The van der Waals surface area contributed by atoms with Crippen LogP contribution in [0.25, 0.3) is 10.4 Å². The van der Waals surface area contributed by atoms with Gasteiger partial charge in [-0.1, -0.05) is 23.7 Å². The molecule has 0 spiro atoms. The minimum absolute atomic E-state index is 0.153. The summed E-state index contributed by atoms with van der Waals surface area (Å²) in [5.74, 6) is -0.886. The third-order valence-corrected chi connectivity index (χ3v) is 2.90. The third-order valence-electron chi connectivity index (χ3n) is 2.65. The first kappa shape index (κ1) is 13.9. The zero-order chi connectivity index (χ0) is 14.5. The minimum atomic E-state index is -0.886. The van der Waals surface area contributed by atoms with Crippen molar-refractivity contribution in [3.05, 3.63) is 79.5 Å². The second-order valence-electron chi connectivity index (χ2n) is 3.98. The topological polar surface area (TPSA) is 87.8 Å². The van der Waals surface area contributed by atoms with Crippen molar-refractivity contribution in [2.24, 2.45) is 5.11 Å². The van der Waals surface area contributed by atoms with Crippen LogP contribution in [0.2, 0.25) is 5.02 Å². The molecular weight excluding hydrogens is 280 g/mol. The average Bonchev–Trinajstić information content (AvgIpc) is 2.44. The number of nitrogens with zero attached hydrogens (tertiary/aromatic N) is 4. The van der Waals surface area contributed by atoms with E-state index in [1.807, 2.05) is 0 Å². The van der Waals surface area contributed by atoms with Crippen molar-refractivity contribution in [3.63, 3.8) is 0 Å². The van der Waals surface area contributed by atoms with Crippen LogP contribution in [0, 0.1) is 0 Å². The quantitative estimate of drug-likeness (QED) is 0.494. The van der Waals surface area contributed by atoms with Crippen molar-refractivity contribution in [3.8, 4) is 0 Å². The number of rotatable bonds is 3. The maximum atomic E-state index is 12.1. The second kappa shape index (κ2) is 6.06. The van der Waals surface area contributed by atoms with E-state index in [1.54, 1.807) is 36.5 Å². The highest BCUT2D eigenvalue weighted by atomic mass is 35.5. The monoisotopic (exact) mass is 288 g/mol. The third kappa shape index (κ3) is 3.06. The Labute approximate surface area is 118 Å².